The van der Waals surface area contributed by atoms with Gasteiger partial charge in [0.15, 0.2) is 0 Å². The van der Waals surface area contributed by atoms with Gasteiger partial charge in [-0.3, -0.25) is 0 Å². The Kier molecular flexibility index (Phi) is 16.1. The lowest BCUT2D eigenvalue weighted by atomic mass is 9.91. The molecule has 0 heterocycles. The normalized spacial score (nSPS) is 12.4. The van der Waals surface area contributed by atoms with Crippen LogP contribution < -0.4 is 18.9 Å². The maximum absolute atomic E-state index is 6.60. The van der Waals surface area contributed by atoms with Crippen LogP contribution in [0.4, 0.5) is 0 Å². The highest BCUT2D eigenvalue weighted by molar-refractivity contribution is 5.56. The van der Waals surface area contributed by atoms with Crippen molar-refractivity contribution in [2.75, 3.05) is 79.3 Å². The van der Waals surface area contributed by atoms with Crippen molar-refractivity contribution in [2.45, 2.75) is 53.4 Å². The number of ether oxygens (including phenoxy) is 8. The molecule has 0 unspecified atom stereocenters. The Balaban J connectivity index is 1.67. The van der Waals surface area contributed by atoms with Crippen molar-refractivity contribution >= 4 is 0 Å². The monoisotopic (exact) mass is 712 g/mol. The van der Waals surface area contributed by atoms with Crippen molar-refractivity contribution in [3.8, 4) is 23.0 Å². The van der Waals surface area contributed by atoms with Gasteiger partial charge in [-0.25, -0.2) is 0 Å². The van der Waals surface area contributed by atoms with E-state index in [-0.39, 0.29) is 0 Å². The number of benzene rings is 4. The third-order valence-electron chi connectivity index (χ3n) is 8.95. The molecule has 0 N–H and O–H groups in total. The first kappa shape index (κ1) is 39.1. The molecule has 0 fully saturated rings. The Morgan fingerprint density at radius 1 is 0.308 bits per heavy atom. The van der Waals surface area contributed by atoms with Crippen molar-refractivity contribution in [3.05, 3.63) is 117 Å². The van der Waals surface area contributed by atoms with E-state index in [9.17, 15) is 0 Å². The topological polar surface area (TPSA) is 73.8 Å². The number of rotatable bonds is 20. The minimum Gasteiger partial charge on any atom is -0.491 e. The second-order valence-corrected chi connectivity index (χ2v) is 12.5. The van der Waals surface area contributed by atoms with E-state index in [1.54, 1.807) is 0 Å². The van der Waals surface area contributed by atoms with Crippen molar-refractivity contribution in [2.24, 2.45) is 0 Å². The molecule has 8 bridgehead atoms. The highest BCUT2D eigenvalue weighted by atomic mass is 16.5. The first-order chi connectivity index (χ1) is 25.7. The molecule has 0 aliphatic heterocycles. The van der Waals surface area contributed by atoms with Gasteiger partial charge in [0.05, 0.1) is 26.4 Å². The van der Waals surface area contributed by atoms with Crippen LogP contribution in [0, 0.1) is 0 Å². The first-order valence-electron chi connectivity index (χ1n) is 18.9. The third kappa shape index (κ3) is 11.0. The van der Waals surface area contributed by atoms with Gasteiger partial charge in [0.1, 0.15) is 49.4 Å². The average Bonchev–Trinajstić information content (AvgIpc) is 3.15. The molecule has 0 atom stereocenters. The molecule has 0 amide bonds. The summed E-state index contributed by atoms with van der Waals surface area (Å²) in [5.41, 5.74) is 8.70. The highest BCUT2D eigenvalue weighted by Crippen LogP contribution is 2.38. The molecule has 0 saturated heterocycles. The van der Waals surface area contributed by atoms with Crippen LogP contribution in [0.2, 0.25) is 0 Å². The zero-order valence-corrected chi connectivity index (χ0v) is 31.5. The highest BCUT2D eigenvalue weighted by Gasteiger charge is 2.22. The van der Waals surface area contributed by atoms with Gasteiger partial charge in [0.2, 0.25) is 0 Å². The van der Waals surface area contributed by atoms with Crippen LogP contribution >= 0.6 is 0 Å². The van der Waals surface area contributed by atoms with E-state index in [0.29, 0.717) is 105 Å². The average molecular weight is 713 g/mol. The van der Waals surface area contributed by atoms with E-state index in [0.717, 1.165) is 67.5 Å². The lowest BCUT2D eigenvalue weighted by Gasteiger charge is -2.23. The lowest BCUT2D eigenvalue weighted by Crippen LogP contribution is -2.13. The molecule has 4 aromatic carbocycles. The fraction of sp³-hybridized carbons (Fsp3) is 0.455. The molecule has 0 saturated carbocycles. The van der Waals surface area contributed by atoms with Crippen molar-refractivity contribution < 1.29 is 37.9 Å². The van der Waals surface area contributed by atoms with Crippen LogP contribution in [0.25, 0.3) is 0 Å². The van der Waals surface area contributed by atoms with Crippen LogP contribution in [0.5, 0.6) is 23.0 Å². The second-order valence-electron chi connectivity index (χ2n) is 12.5. The Bertz CT molecular complexity index is 1340. The zero-order valence-electron chi connectivity index (χ0n) is 31.5. The van der Waals surface area contributed by atoms with Crippen LogP contribution in [0.3, 0.4) is 0 Å². The maximum atomic E-state index is 6.60. The summed E-state index contributed by atoms with van der Waals surface area (Å²) in [6, 6.07) is 25.7. The number of para-hydroxylation sites is 4. The van der Waals surface area contributed by atoms with E-state index < -0.39 is 0 Å². The second kappa shape index (κ2) is 21.4. The van der Waals surface area contributed by atoms with Crippen LogP contribution in [-0.2, 0) is 44.6 Å². The van der Waals surface area contributed by atoms with Gasteiger partial charge in [-0.2, -0.15) is 0 Å². The predicted molar refractivity (Wildman–Crippen MR) is 205 cm³/mol. The predicted octanol–water partition coefficient (Wildman–Crippen LogP) is 8.02. The lowest BCUT2D eigenvalue weighted by molar-refractivity contribution is 0.108. The summed E-state index contributed by atoms with van der Waals surface area (Å²) in [6.07, 6.45) is 2.52. The maximum Gasteiger partial charge on any atom is 0.126 e. The Hall–Kier alpha value is -4.08. The number of hydrogen-bond donors (Lipinski definition) is 0. The van der Waals surface area contributed by atoms with Gasteiger partial charge in [0.25, 0.3) is 0 Å². The van der Waals surface area contributed by atoms with Crippen LogP contribution in [0.1, 0.15) is 72.2 Å². The quantitative estimate of drug-likeness (QED) is 0.0752. The van der Waals surface area contributed by atoms with Gasteiger partial charge < -0.3 is 37.9 Å². The van der Waals surface area contributed by atoms with E-state index in [4.69, 9.17) is 37.9 Å². The molecular weight excluding hydrogens is 656 g/mol. The van der Waals surface area contributed by atoms with E-state index >= 15 is 0 Å². The van der Waals surface area contributed by atoms with E-state index in [1.807, 2.05) is 27.7 Å². The Morgan fingerprint density at radius 2 is 0.500 bits per heavy atom. The van der Waals surface area contributed by atoms with E-state index in [1.165, 1.54) is 0 Å². The molecule has 1 aliphatic carbocycles. The SMILES string of the molecule is CCOCCOc1c2cccc1Cc1cccc(c1OCCOCC)Cc1cccc(c1OCCOCC)Cc1cccc(c1OCCOCC)C2. The van der Waals surface area contributed by atoms with Crippen LogP contribution in [-0.4, -0.2) is 79.3 Å². The van der Waals surface area contributed by atoms with Gasteiger partial charge in [-0.1, -0.05) is 72.8 Å². The molecule has 8 nitrogen and oxygen atoms in total. The van der Waals surface area contributed by atoms with Gasteiger partial charge in [0, 0.05) is 52.1 Å². The third-order valence-corrected chi connectivity index (χ3v) is 8.95. The van der Waals surface area contributed by atoms with Gasteiger partial charge in [-0.05, 0) is 72.2 Å². The summed E-state index contributed by atoms with van der Waals surface area (Å²) in [5.74, 6) is 3.50. The standard InChI is InChI=1S/C44H56O8/c1-5-45-21-25-49-41-33-13-9-14-34(41)30-36-16-11-18-38(43(36)51-27-23-47-7-3)32-40-20-12-19-39(44(40)52-28-24-48-8-4)31-37-17-10-15-35(29-33)42(37)50-26-22-46-6-2/h9-20H,5-8,21-32H2,1-4H3. The largest absolute Gasteiger partial charge is 0.491 e. The molecular formula is C44H56O8. The molecule has 52 heavy (non-hydrogen) atoms. The van der Waals surface area contributed by atoms with Crippen molar-refractivity contribution in [1.29, 1.82) is 0 Å². The summed E-state index contributed by atoms with van der Waals surface area (Å²) >= 11 is 0. The summed E-state index contributed by atoms with van der Waals surface area (Å²) in [4.78, 5) is 0. The van der Waals surface area contributed by atoms with Crippen LogP contribution in [0.15, 0.2) is 72.8 Å². The fourth-order valence-electron chi connectivity index (χ4n) is 6.62. The first-order valence-corrected chi connectivity index (χ1v) is 18.9. The molecule has 4 aromatic rings. The molecule has 0 radical (unpaired) electrons. The smallest absolute Gasteiger partial charge is 0.126 e. The fourth-order valence-corrected chi connectivity index (χ4v) is 6.62. The minimum atomic E-state index is 0.452. The summed E-state index contributed by atoms with van der Waals surface area (Å²) in [7, 11) is 0. The van der Waals surface area contributed by atoms with Gasteiger partial charge >= 0.3 is 0 Å². The molecule has 8 heteroatoms. The van der Waals surface area contributed by atoms with E-state index in [2.05, 4.69) is 72.8 Å². The van der Waals surface area contributed by atoms with Crippen molar-refractivity contribution in [3.63, 3.8) is 0 Å². The minimum absolute atomic E-state index is 0.452. The van der Waals surface area contributed by atoms with Gasteiger partial charge in [-0.15, -0.1) is 0 Å². The van der Waals surface area contributed by atoms with Crippen molar-refractivity contribution in [1.82, 2.24) is 0 Å². The Labute approximate surface area is 310 Å². The molecule has 0 aromatic heterocycles. The number of hydrogen-bond acceptors (Lipinski definition) is 8. The summed E-state index contributed by atoms with van der Waals surface area (Å²) < 4.78 is 49.1. The molecule has 5 rings (SSSR count). The molecule has 280 valence electrons. The molecule has 1 aliphatic rings. The Morgan fingerprint density at radius 3 is 0.673 bits per heavy atom. The molecule has 0 spiro atoms. The zero-order chi connectivity index (χ0) is 36.4. The number of fused-ring (bicyclic) bond motifs is 8. The summed E-state index contributed by atoms with van der Waals surface area (Å²) in [5, 5.41) is 0. The summed E-state index contributed by atoms with van der Waals surface area (Å²) in [6.45, 7) is 14.4.